The van der Waals surface area contributed by atoms with E-state index in [-0.39, 0.29) is 0 Å². The maximum Gasteiger partial charge on any atom is 0.179 e. The fourth-order valence-electron chi connectivity index (χ4n) is 1.47. The number of methoxy groups -OCH3 is 2. The summed E-state index contributed by atoms with van der Waals surface area (Å²) in [7, 11) is 3.03. The summed E-state index contributed by atoms with van der Waals surface area (Å²) in [6, 6.07) is 1.64. The van der Waals surface area contributed by atoms with E-state index < -0.39 is 0 Å². The lowest BCUT2D eigenvalue weighted by molar-refractivity contribution is 0.112. The zero-order valence-corrected chi connectivity index (χ0v) is 9.72. The third-order valence-electron chi connectivity index (χ3n) is 2.23. The second-order valence-electron chi connectivity index (χ2n) is 2.97. The first kappa shape index (κ1) is 11.9. The van der Waals surface area contributed by atoms with E-state index in [4.69, 9.17) is 21.1 Å². The number of carbonyl (C=O) groups excluding carboxylic acids is 1. The van der Waals surface area contributed by atoms with Crippen LogP contribution in [0.25, 0.3) is 0 Å². The smallest absolute Gasteiger partial charge is 0.179 e. The van der Waals surface area contributed by atoms with E-state index in [1.54, 1.807) is 6.07 Å². The molecule has 3 nitrogen and oxygen atoms in total. The van der Waals surface area contributed by atoms with Crippen LogP contribution in [0.4, 0.5) is 0 Å². The Kier molecular flexibility index (Phi) is 3.97. The Labute approximate surface area is 93.9 Å². The van der Waals surface area contributed by atoms with Gasteiger partial charge in [0.1, 0.15) is 0 Å². The molecule has 0 N–H and O–H groups in total. The molecule has 4 heteroatoms. The van der Waals surface area contributed by atoms with Gasteiger partial charge in [-0.15, -0.1) is 0 Å². The molecule has 0 spiro atoms. The molecule has 15 heavy (non-hydrogen) atoms. The molecule has 1 aromatic rings. The van der Waals surface area contributed by atoms with Crippen LogP contribution in [-0.2, 0) is 6.42 Å². The first-order valence-electron chi connectivity index (χ1n) is 4.58. The molecule has 1 rings (SSSR count). The van der Waals surface area contributed by atoms with Crippen molar-refractivity contribution in [1.82, 2.24) is 0 Å². The summed E-state index contributed by atoms with van der Waals surface area (Å²) in [6.45, 7) is 1.93. The number of aldehydes is 1. The maximum absolute atomic E-state index is 10.9. The molecule has 0 amide bonds. The van der Waals surface area contributed by atoms with Crippen molar-refractivity contribution in [3.8, 4) is 11.5 Å². The van der Waals surface area contributed by atoms with Crippen LogP contribution in [0.5, 0.6) is 11.5 Å². The molecule has 0 radical (unpaired) electrons. The van der Waals surface area contributed by atoms with Gasteiger partial charge in [-0.2, -0.15) is 0 Å². The summed E-state index contributed by atoms with van der Waals surface area (Å²) >= 11 is 6.11. The Morgan fingerprint density at radius 2 is 2.07 bits per heavy atom. The minimum atomic E-state index is 0.446. The minimum absolute atomic E-state index is 0.446. The van der Waals surface area contributed by atoms with Crippen LogP contribution >= 0.6 is 11.6 Å². The zero-order chi connectivity index (χ0) is 11.4. The summed E-state index contributed by atoms with van der Waals surface area (Å²) in [4.78, 5) is 10.9. The monoisotopic (exact) mass is 228 g/mol. The van der Waals surface area contributed by atoms with Gasteiger partial charge in [0, 0.05) is 5.56 Å². The van der Waals surface area contributed by atoms with Gasteiger partial charge in [0.25, 0.3) is 0 Å². The summed E-state index contributed by atoms with van der Waals surface area (Å²) < 4.78 is 10.2. The molecule has 0 atom stereocenters. The molecule has 1 aromatic carbocycles. The molecule has 0 aliphatic heterocycles. The van der Waals surface area contributed by atoms with Crippen molar-refractivity contribution in [1.29, 1.82) is 0 Å². The molecular formula is C11H13ClO3. The predicted molar refractivity (Wildman–Crippen MR) is 59.3 cm³/mol. The molecular weight excluding hydrogens is 216 g/mol. The second kappa shape index (κ2) is 5.03. The molecule has 0 aromatic heterocycles. The van der Waals surface area contributed by atoms with Crippen molar-refractivity contribution >= 4 is 17.9 Å². The number of carbonyl (C=O) groups is 1. The van der Waals surface area contributed by atoms with Crippen molar-refractivity contribution in [3.05, 3.63) is 22.2 Å². The molecule has 0 aliphatic carbocycles. The molecule has 0 aliphatic rings. The largest absolute Gasteiger partial charge is 0.493 e. The van der Waals surface area contributed by atoms with Crippen molar-refractivity contribution in [2.24, 2.45) is 0 Å². The van der Waals surface area contributed by atoms with Crippen LogP contribution in [0.2, 0.25) is 5.02 Å². The first-order valence-corrected chi connectivity index (χ1v) is 4.95. The van der Waals surface area contributed by atoms with E-state index in [2.05, 4.69) is 0 Å². The van der Waals surface area contributed by atoms with Gasteiger partial charge in [-0.25, -0.2) is 0 Å². The van der Waals surface area contributed by atoms with Gasteiger partial charge in [0.2, 0.25) is 0 Å². The van der Waals surface area contributed by atoms with Crippen molar-refractivity contribution in [3.63, 3.8) is 0 Å². The van der Waals surface area contributed by atoms with E-state index in [0.29, 0.717) is 28.5 Å². The van der Waals surface area contributed by atoms with Gasteiger partial charge in [-0.05, 0) is 18.1 Å². The van der Waals surface area contributed by atoms with Gasteiger partial charge in [0.05, 0.1) is 19.2 Å². The fourth-order valence-corrected chi connectivity index (χ4v) is 1.89. The summed E-state index contributed by atoms with van der Waals surface area (Å²) in [5, 5.41) is 0.446. The highest BCUT2D eigenvalue weighted by atomic mass is 35.5. The summed E-state index contributed by atoms with van der Waals surface area (Å²) in [5.41, 5.74) is 1.32. The van der Waals surface area contributed by atoms with Crippen molar-refractivity contribution in [2.75, 3.05) is 14.2 Å². The number of hydrogen-bond donors (Lipinski definition) is 0. The lowest BCUT2D eigenvalue weighted by Gasteiger charge is -2.13. The van der Waals surface area contributed by atoms with Crippen LogP contribution in [-0.4, -0.2) is 20.5 Å². The van der Waals surface area contributed by atoms with Gasteiger partial charge in [-0.3, -0.25) is 4.79 Å². The summed E-state index contributed by atoms with van der Waals surface area (Å²) in [6.07, 6.45) is 1.44. The Balaban J connectivity index is 3.48. The Morgan fingerprint density at radius 3 is 2.47 bits per heavy atom. The Hall–Kier alpha value is -1.22. The number of ether oxygens (including phenoxy) is 2. The SMILES string of the molecule is CCc1c(C=O)cc(OC)c(OC)c1Cl. The molecule has 82 valence electrons. The van der Waals surface area contributed by atoms with E-state index in [1.165, 1.54) is 14.2 Å². The lowest BCUT2D eigenvalue weighted by Crippen LogP contribution is -1.99. The molecule has 0 fully saturated rings. The average molecular weight is 229 g/mol. The van der Waals surface area contributed by atoms with Crippen LogP contribution in [0, 0.1) is 0 Å². The molecule has 0 saturated carbocycles. The highest BCUT2D eigenvalue weighted by Crippen LogP contribution is 2.39. The normalized spacial score (nSPS) is 9.87. The Bertz CT molecular complexity index is 375. The standard InChI is InChI=1S/C11H13ClO3/c1-4-8-7(6-13)5-9(14-2)11(15-3)10(8)12/h5-6H,4H2,1-3H3. The van der Waals surface area contributed by atoms with E-state index in [9.17, 15) is 4.79 Å². The Morgan fingerprint density at radius 1 is 1.40 bits per heavy atom. The second-order valence-corrected chi connectivity index (χ2v) is 3.34. The highest BCUT2D eigenvalue weighted by molar-refractivity contribution is 6.33. The quantitative estimate of drug-likeness (QED) is 0.744. The van der Waals surface area contributed by atoms with Crippen LogP contribution < -0.4 is 9.47 Å². The van der Waals surface area contributed by atoms with E-state index in [0.717, 1.165) is 11.8 Å². The number of halogens is 1. The molecule has 0 unspecified atom stereocenters. The van der Waals surface area contributed by atoms with Gasteiger partial charge >= 0.3 is 0 Å². The fraction of sp³-hybridized carbons (Fsp3) is 0.364. The third-order valence-corrected chi connectivity index (χ3v) is 2.63. The van der Waals surface area contributed by atoms with Crippen LogP contribution in [0.1, 0.15) is 22.8 Å². The molecule has 0 heterocycles. The molecule has 0 saturated heterocycles. The van der Waals surface area contributed by atoms with Crippen LogP contribution in [0.15, 0.2) is 6.07 Å². The minimum Gasteiger partial charge on any atom is -0.493 e. The maximum atomic E-state index is 10.9. The summed E-state index contributed by atoms with van der Waals surface area (Å²) in [5.74, 6) is 0.948. The van der Waals surface area contributed by atoms with Gasteiger partial charge < -0.3 is 9.47 Å². The van der Waals surface area contributed by atoms with E-state index >= 15 is 0 Å². The number of benzene rings is 1. The van der Waals surface area contributed by atoms with Crippen molar-refractivity contribution in [2.45, 2.75) is 13.3 Å². The average Bonchev–Trinajstić information content (AvgIpc) is 2.27. The first-order chi connectivity index (χ1) is 7.19. The third kappa shape index (κ3) is 2.07. The van der Waals surface area contributed by atoms with Gasteiger partial charge in [-0.1, -0.05) is 18.5 Å². The van der Waals surface area contributed by atoms with Gasteiger partial charge in [0.15, 0.2) is 17.8 Å². The lowest BCUT2D eigenvalue weighted by atomic mass is 10.0. The van der Waals surface area contributed by atoms with E-state index in [1.807, 2.05) is 6.92 Å². The van der Waals surface area contributed by atoms with Crippen LogP contribution in [0.3, 0.4) is 0 Å². The topological polar surface area (TPSA) is 35.5 Å². The zero-order valence-electron chi connectivity index (χ0n) is 8.96. The van der Waals surface area contributed by atoms with Crippen molar-refractivity contribution < 1.29 is 14.3 Å². The highest BCUT2D eigenvalue weighted by Gasteiger charge is 2.16. The molecule has 0 bridgehead atoms. The predicted octanol–water partition coefficient (Wildman–Crippen LogP) is 2.73. The number of rotatable bonds is 4. The number of hydrogen-bond acceptors (Lipinski definition) is 3.